The average molecular weight is 338 g/mol. The van der Waals surface area contributed by atoms with E-state index in [-0.39, 0.29) is 17.2 Å². The van der Waals surface area contributed by atoms with Gasteiger partial charge in [0.25, 0.3) is 0 Å². The summed E-state index contributed by atoms with van der Waals surface area (Å²) in [6.45, 7) is 3.48. The molecule has 1 N–H and O–H groups in total. The third-order valence-corrected chi connectivity index (χ3v) is 4.99. The minimum absolute atomic E-state index is 0.105. The quantitative estimate of drug-likeness (QED) is 0.851. The molecule has 0 radical (unpaired) electrons. The Morgan fingerprint density at radius 2 is 1.77 bits per heavy atom. The van der Waals surface area contributed by atoms with Crippen LogP contribution in [-0.4, -0.2) is 14.2 Å². The van der Waals surface area contributed by atoms with Gasteiger partial charge < -0.3 is 0 Å². The van der Waals surface area contributed by atoms with Crippen LogP contribution in [-0.2, 0) is 16.6 Å². The fourth-order valence-corrected chi connectivity index (χ4v) is 3.16. The average Bonchev–Trinajstić information content (AvgIpc) is 2.48. The second-order valence-electron chi connectivity index (χ2n) is 4.98. The van der Waals surface area contributed by atoms with E-state index in [9.17, 15) is 13.2 Å². The molecule has 0 aliphatic rings. The third-order valence-electron chi connectivity index (χ3n) is 3.33. The number of rotatable bonds is 5. The highest BCUT2D eigenvalue weighted by molar-refractivity contribution is 7.89. The Bertz CT molecular complexity index is 799. The molecule has 0 aliphatic heterocycles. The summed E-state index contributed by atoms with van der Waals surface area (Å²) in [6, 6.07) is 11.2. The molecule has 116 valence electrons. The first-order chi connectivity index (χ1) is 10.3. The van der Waals surface area contributed by atoms with E-state index in [0.29, 0.717) is 10.6 Å². The van der Waals surface area contributed by atoms with Crippen LogP contribution in [0, 0.1) is 6.92 Å². The number of Topliss-reactive ketones (excluding diaryl/α,β-unsaturated/α-hetero) is 1. The van der Waals surface area contributed by atoms with E-state index in [4.69, 9.17) is 11.6 Å². The molecule has 4 nitrogen and oxygen atoms in total. The number of benzene rings is 2. The van der Waals surface area contributed by atoms with E-state index in [0.717, 1.165) is 11.1 Å². The molecule has 0 spiro atoms. The molecule has 0 atom stereocenters. The highest BCUT2D eigenvalue weighted by Gasteiger charge is 2.14. The smallest absolute Gasteiger partial charge is 0.240 e. The Kier molecular flexibility index (Phi) is 5.01. The number of ketones is 1. The van der Waals surface area contributed by atoms with Crippen molar-refractivity contribution in [2.45, 2.75) is 25.3 Å². The predicted octanol–water partition coefficient (Wildman–Crippen LogP) is 3.33. The zero-order valence-electron chi connectivity index (χ0n) is 12.3. The van der Waals surface area contributed by atoms with Crippen LogP contribution in [0.3, 0.4) is 0 Å². The summed E-state index contributed by atoms with van der Waals surface area (Å²) in [5.74, 6) is -0.105. The lowest BCUT2D eigenvalue weighted by Crippen LogP contribution is -2.23. The van der Waals surface area contributed by atoms with Crippen LogP contribution in [0.1, 0.15) is 28.4 Å². The second-order valence-corrected chi connectivity index (χ2v) is 7.18. The molecule has 0 saturated carbocycles. The first kappa shape index (κ1) is 16.7. The molecule has 0 amide bonds. The molecule has 22 heavy (non-hydrogen) atoms. The van der Waals surface area contributed by atoms with Crippen LogP contribution in [0.4, 0.5) is 0 Å². The summed E-state index contributed by atoms with van der Waals surface area (Å²) < 4.78 is 27.0. The number of hydrogen-bond donors (Lipinski definition) is 1. The Hall–Kier alpha value is -1.69. The van der Waals surface area contributed by atoms with Crippen molar-refractivity contribution in [1.29, 1.82) is 0 Å². The van der Waals surface area contributed by atoms with Crippen LogP contribution in [0.25, 0.3) is 0 Å². The van der Waals surface area contributed by atoms with Gasteiger partial charge in [-0.25, -0.2) is 13.1 Å². The van der Waals surface area contributed by atoms with Gasteiger partial charge >= 0.3 is 0 Å². The highest BCUT2D eigenvalue weighted by Crippen LogP contribution is 2.17. The summed E-state index contributed by atoms with van der Waals surface area (Å²) in [7, 11) is -3.63. The molecular formula is C16H16ClNO3S. The number of sulfonamides is 1. The van der Waals surface area contributed by atoms with E-state index in [1.54, 1.807) is 12.1 Å². The molecule has 0 unspecified atom stereocenters. The zero-order chi connectivity index (χ0) is 16.3. The lowest BCUT2D eigenvalue weighted by atomic mass is 10.1. The second kappa shape index (κ2) is 6.60. The van der Waals surface area contributed by atoms with Crippen molar-refractivity contribution in [2.75, 3.05) is 0 Å². The first-order valence-electron chi connectivity index (χ1n) is 6.65. The van der Waals surface area contributed by atoms with Gasteiger partial charge in [0.15, 0.2) is 5.78 Å². The van der Waals surface area contributed by atoms with Crippen LogP contribution in [0.2, 0.25) is 5.02 Å². The maximum Gasteiger partial charge on any atom is 0.240 e. The van der Waals surface area contributed by atoms with Gasteiger partial charge in [-0.1, -0.05) is 29.8 Å². The van der Waals surface area contributed by atoms with E-state index in [1.807, 2.05) is 13.0 Å². The molecule has 6 heteroatoms. The molecule has 0 heterocycles. The van der Waals surface area contributed by atoms with Gasteiger partial charge in [0.05, 0.1) is 4.90 Å². The van der Waals surface area contributed by atoms with E-state index in [2.05, 4.69) is 4.72 Å². The van der Waals surface area contributed by atoms with Gasteiger partial charge in [0, 0.05) is 17.1 Å². The Balaban J connectivity index is 2.17. The Morgan fingerprint density at radius 1 is 1.14 bits per heavy atom. The highest BCUT2D eigenvalue weighted by atomic mass is 35.5. The number of aryl methyl sites for hydroxylation is 1. The van der Waals surface area contributed by atoms with Gasteiger partial charge in [-0.3, -0.25) is 4.79 Å². The van der Waals surface area contributed by atoms with E-state index < -0.39 is 10.0 Å². The molecule has 0 fully saturated rings. The van der Waals surface area contributed by atoms with Crippen LogP contribution in [0.15, 0.2) is 47.4 Å². The molecule has 2 aromatic rings. The largest absolute Gasteiger partial charge is 0.295 e. The van der Waals surface area contributed by atoms with Crippen LogP contribution in [0.5, 0.6) is 0 Å². The number of carbonyl (C=O) groups excluding carboxylic acids is 1. The molecule has 0 aromatic heterocycles. The van der Waals surface area contributed by atoms with Gasteiger partial charge in [-0.15, -0.1) is 0 Å². The van der Waals surface area contributed by atoms with Gasteiger partial charge in [-0.05, 0) is 49.2 Å². The minimum Gasteiger partial charge on any atom is -0.295 e. The summed E-state index contributed by atoms with van der Waals surface area (Å²) in [4.78, 5) is 11.3. The number of hydrogen-bond acceptors (Lipinski definition) is 3. The summed E-state index contributed by atoms with van der Waals surface area (Å²) >= 11 is 5.92. The molecule has 2 rings (SSSR count). The van der Waals surface area contributed by atoms with Crippen molar-refractivity contribution in [3.63, 3.8) is 0 Å². The fraction of sp³-hybridized carbons (Fsp3) is 0.188. The van der Waals surface area contributed by atoms with Crippen LogP contribution < -0.4 is 4.72 Å². The summed E-state index contributed by atoms with van der Waals surface area (Å²) in [5, 5.41) is 0.561. The maximum absolute atomic E-state index is 12.3. The lowest BCUT2D eigenvalue weighted by molar-refractivity contribution is 0.101. The van der Waals surface area contributed by atoms with Crippen LogP contribution >= 0.6 is 11.6 Å². The molecular weight excluding hydrogens is 322 g/mol. The van der Waals surface area contributed by atoms with Crippen molar-refractivity contribution >= 4 is 27.4 Å². The van der Waals surface area contributed by atoms with Crippen molar-refractivity contribution in [3.05, 3.63) is 64.2 Å². The topological polar surface area (TPSA) is 63.2 Å². The standard InChI is InChI=1S/C16H16ClNO3S/c1-11-3-6-15(17)9-14(11)10-18-22(20,21)16-7-4-13(5-8-16)12(2)19/h3-9,18H,10H2,1-2H3. The van der Waals surface area contributed by atoms with E-state index >= 15 is 0 Å². The first-order valence-corrected chi connectivity index (χ1v) is 8.51. The summed E-state index contributed by atoms with van der Waals surface area (Å²) in [5.41, 5.74) is 2.25. The third kappa shape index (κ3) is 3.94. The number of carbonyl (C=O) groups is 1. The predicted molar refractivity (Wildman–Crippen MR) is 86.7 cm³/mol. The van der Waals surface area contributed by atoms with Crippen molar-refractivity contribution < 1.29 is 13.2 Å². The molecule has 0 bridgehead atoms. The van der Waals surface area contributed by atoms with Crippen molar-refractivity contribution in [2.24, 2.45) is 0 Å². The fourth-order valence-electron chi connectivity index (χ4n) is 1.96. The van der Waals surface area contributed by atoms with Gasteiger partial charge in [0.1, 0.15) is 0 Å². The molecule has 2 aromatic carbocycles. The Labute approximate surface area is 135 Å². The van der Waals surface area contributed by atoms with Gasteiger partial charge in [-0.2, -0.15) is 0 Å². The lowest BCUT2D eigenvalue weighted by Gasteiger charge is -2.09. The molecule has 0 saturated heterocycles. The number of halogens is 1. The van der Waals surface area contributed by atoms with Gasteiger partial charge in [0.2, 0.25) is 10.0 Å². The molecule has 0 aliphatic carbocycles. The monoisotopic (exact) mass is 337 g/mol. The van der Waals surface area contributed by atoms with E-state index in [1.165, 1.54) is 31.2 Å². The van der Waals surface area contributed by atoms with Crippen molar-refractivity contribution in [1.82, 2.24) is 4.72 Å². The summed E-state index contributed by atoms with van der Waals surface area (Å²) in [6.07, 6.45) is 0. The zero-order valence-corrected chi connectivity index (χ0v) is 13.8. The van der Waals surface area contributed by atoms with Crippen molar-refractivity contribution in [3.8, 4) is 0 Å². The Morgan fingerprint density at radius 3 is 2.36 bits per heavy atom. The SMILES string of the molecule is CC(=O)c1ccc(S(=O)(=O)NCc2cc(Cl)ccc2C)cc1. The minimum atomic E-state index is -3.63. The maximum atomic E-state index is 12.3. The number of nitrogens with one attached hydrogen (secondary N) is 1. The normalized spacial score (nSPS) is 11.4.